The van der Waals surface area contributed by atoms with Gasteiger partial charge in [0.15, 0.2) is 5.82 Å². The van der Waals surface area contributed by atoms with Crippen LogP contribution in [0.4, 0.5) is 8.78 Å². The second-order valence-electron chi connectivity index (χ2n) is 4.36. The third kappa shape index (κ3) is 3.57. The van der Waals surface area contributed by atoms with E-state index in [-0.39, 0.29) is 5.84 Å². The molecule has 7 nitrogen and oxygen atoms in total. The number of amides is 1. The third-order valence-corrected chi connectivity index (χ3v) is 2.86. The Labute approximate surface area is 129 Å². The molecule has 0 radical (unpaired) electrons. The lowest BCUT2D eigenvalue weighted by Crippen LogP contribution is -2.30. The maximum atomic E-state index is 13.1. The van der Waals surface area contributed by atoms with Gasteiger partial charge in [-0.1, -0.05) is 12.1 Å². The topological polar surface area (TPSA) is 99.6 Å². The van der Waals surface area contributed by atoms with Crippen molar-refractivity contribution in [3.8, 4) is 5.75 Å². The molecular formula is C14H12F2N4O3. The predicted octanol–water partition coefficient (Wildman–Crippen LogP) is 0.462. The highest BCUT2D eigenvalue weighted by Gasteiger charge is 2.14. The average molecular weight is 322 g/mol. The van der Waals surface area contributed by atoms with E-state index in [1.807, 2.05) is 0 Å². The number of para-hydroxylation sites is 1. The number of nitrogens with two attached hydrogens (primary N) is 1. The Balaban J connectivity index is 2.25. The summed E-state index contributed by atoms with van der Waals surface area (Å²) in [6.45, 7) is -0.675. The van der Waals surface area contributed by atoms with Crippen LogP contribution in [0.15, 0.2) is 40.2 Å². The minimum absolute atomic E-state index is 0.136. The number of ether oxygens (including phenoxy) is 1. The third-order valence-electron chi connectivity index (χ3n) is 2.86. The first kappa shape index (κ1) is 16.3. The molecule has 1 aromatic carbocycles. The number of carbonyl (C=O) groups is 1. The van der Waals surface area contributed by atoms with E-state index in [1.165, 1.54) is 7.11 Å². The molecule has 0 saturated carbocycles. The van der Waals surface area contributed by atoms with Crippen molar-refractivity contribution in [2.24, 2.45) is 10.7 Å². The highest BCUT2D eigenvalue weighted by molar-refractivity contribution is 6.05. The number of aliphatic imine (C=N–C) groups is 1. The van der Waals surface area contributed by atoms with Crippen LogP contribution in [-0.2, 0) is 11.3 Å². The van der Waals surface area contributed by atoms with Crippen LogP contribution >= 0.6 is 0 Å². The Morgan fingerprint density at radius 2 is 2.09 bits per heavy atom. The molecule has 23 heavy (non-hydrogen) atoms. The molecule has 2 aromatic rings. The molecule has 0 spiro atoms. The molecule has 0 aliphatic heterocycles. The first-order chi connectivity index (χ1) is 10.9. The summed E-state index contributed by atoms with van der Waals surface area (Å²) in [6.07, 6.45) is 0.497. The van der Waals surface area contributed by atoms with Crippen molar-refractivity contribution >= 4 is 11.7 Å². The molecule has 9 heteroatoms. The SMILES string of the molecule is COc1ccccc1C(N)=NC(=O)Cn1ncc(F)c(F)c1=O. The molecule has 1 aromatic heterocycles. The molecule has 2 N–H and O–H groups in total. The maximum absolute atomic E-state index is 13.1. The summed E-state index contributed by atoms with van der Waals surface area (Å²) in [7, 11) is 1.43. The summed E-state index contributed by atoms with van der Waals surface area (Å²) < 4.78 is 31.5. The molecule has 120 valence electrons. The number of hydrogen-bond acceptors (Lipinski definition) is 4. The molecule has 0 atom stereocenters. The quantitative estimate of drug-likeness (QED) is 0.651. The number of benzene rings is 1. The standard InChI is InChI=1S/C14H12F2N4O3/c1-23-10-5-3-2-4-8(10)13(17)19-11(21)7-20-14(22)12(16)9(15)6-18-20/h2-6H,7H2,1H3,(H2,17,19,21). The molecule has 0 unspecified atom stereocenters. The number of methoxy groups -OCH3 is 1. The minimum Gasteiger partial charge on any atom is -0.496 e. The van der Waals surface area contributed by atoms with Gasteiger partial charge >= 0.3 is 5.56 Å². The van der Waals surface area contributed by atoms with Crippen molar-refractivity contribution in [2.75, 3.05) is 7.11 Å². The number of aromatic nitrogens is 2. The van der Waals surface area contributed by atoms with Crippen molar-refractivity contribution in [2.45, 2.75) is 6.54 Å². The Morgan fingerprint density at radius 1 is 1.39 bits per heavy atom. The Morgan fingerprint density at radius 3 is 2.78 bits per heavy atom. The van der Waals surface area contributed by atoms with Gasteiger partial charge in [0.2, 0.25) is 5.82 Å². The van der Waals surface area contributed by atoms with Gasteiger partial charge in [0, 0.05) is 0 Å². The van der Waals surface area contributed by atoms with Crippen LogP contribution in [-0.4, -0.2) is 28.6 Å². The van der Waals surface area contributed by atoms with Crippen molar-refractivity contribution in [1.29, 1.82) is 0 Å². The van der Waals surface area contributed by atoms with E-state index in [2.05, 4.69) is 10.1 Å². The van der Waals surface area contributed by atoms with Crippen molar-refractivity contribution in [3.63, 3.8) is 0 Å². The van der Waals surface area contributed by atoms with E-state index in [1.54, 1.807) is 24.3 Å². The summed E-state index contributed by atoms with van der Waals surface area (Å²) in [6, 6.07) is 6.60. The second-order valence-corrected chi connectivity index (χ2v) is 4.36. The van der Waals surface area contributed by atoms with Gasteiger partial charge < -0.3 is 10.5 Å². The molecule has 0 aliphatic rings. The number of hydrogen-bond donors (Lipinski definition) is 1. The Bertz CT molecular complexity index is 833. The maximum Gasteiger partial charge on any atom is 0.306 e. The van der Waals surface area contributed by atoms with Gasteiger partial charge in [-0.05, 0) is 12.1 Å². The minimum atomic E-state index is -1.62. The first-order valence-electron chi connectivity index (χ1n) is 6.35. The van der Waals surface area contributed by atoms with Crippen LogP contribution in [0.1, 0.15) is 5.56 Å². The van der Waals surface area contributed by atoms with Crippen molar-refractivity contribution in [3.05, 3.63) is 58.0 Å². The number of nitrogens with zero attached hydrogens (tertiary/aromatic N) is 3. The van der Waals surface area contributed by atoms with Crippen LogP contribution in [0.5, 0.6) is 5.75 Å². The largest absolute Gasteiger partial charge is 0.496 e. The van der Waals surface area contributed by atoms with Gasteiger partial charge in [0.1, 0.15) is 18.1 Å². The fraction of sp³-hybridized carbons (Fsp3) is 0.143. The zero-order chi connectivity index (χ0) is 17.0. The molecule has 0 fully saturated rings. The van der Waals surface area contributed by atoms with Gasteiger partial charge in [-0.2, -0.15) is 14.5 Å². The van der Waals surface area contributed by atoms with Crippen LogP contribution in [0, 0.1) is 11.6 Å². The normalized spacial score (nSPS) is 11.3. The van der Waals surface area contributed by atoms with Crippen LogP contribution < -0.4 is 16.0 Å². The zero-order valence-corrected chi connectivity index (χ0v) is 12.0. The summed E-state index contributed by atoms with van der Waals surface area (Å²) in [5, 5.41) is 3.33. The van der Waals surface area contributed by atoms with Crippen molar-refractivity contribution in [1.82, 2.24) is 9.78 Å². The Kier molecular flexibility index (Phi) is 4.79. The highest BCUT2D eigenvalue weighted by atomic mass is 19.2. The van der Waals surface area contributed by atoms with Crippen LogP contribution in [0.25, 0.3) is 0 Å². The fourth-order valence-electron chi connectivity index (χ4n) is 1.77. The number of amidine groups is 1. The summed E-state index contributed by atoms with van der Waals surface area (Å²) >= 11 is 0. The van der Waals surface area contributed by atoms with Gasteiger partial charge in [-0.25, -0.2) is 9.07 Å². The monoisotopic (exact) mass is 322 g/mol. The Hall–Kier alpha value is -3.10. The molecule has 0 saturated heterocycles. The highest BCUT2D eigenvalue weighted by Crippen LogP contribution is 2.16. The lowest BCUT2D eigenvalue weighted by Gasteiger charge is -2.07. The van der Waals surface area contributed by atoms with Gasteiger partial charge in [-0.15, -0.1) is 0 Å². The zero-order valence-electron chi connectivity index (χ0n) is 12.0. The average Bonchev–Trinajstić information content (AvgIpc) is 2.55. The number of halogens is 2. The molecule has 1 heterocycles. The number of carbonyl (C=O) groups excluding carboxylic acids is 1. The van der Waals surface area contributed by atoms with Gasteiger partial charge in [0.05, 0.1) is 18.9 Å². The smallest absolute Gasteiger partial charge is 0.306 e. The van der Waals surface area contributed by atoms with Crippen LogP contribution in [0.2, 0.25) is 0 Å². The second kappa shape index (κ2) is 6.77. The molecular weight excluding hydrogens is 310 g/mol. The van der Waals surface area contributed by atoms with E-state index in [9.17, 15) is 18.4 Å². The fourth-order valence-corrected chi connectivity index (χ4v) is 1.77. The van der Waals surface area contributed by atoms with Crippen molar-refractivity contribution < 1.29 is 18.3 Å². The predicted molar refractivity (Wildman–Crippen MR) is 77.1 cm³/mol. The van der Waals surface area contributed by atoms with E-state index in [4.69, 9.17) is 10.5 Å². The van der Waals surface area contributed by atoms with E-state index in [0.29, 0.717) is 22.2 Å². The lowest BCUT2D eigenvalue weighted by molar-refractivity contribution is -0.118. The van der Waals surface area contributed by atoms with E-state index < -0.39 is 29.6 Å². The summed E-state index contributed by atoms with van der Waals surface area (Å²) in [4.78, 5) is 26.8. The molecule has 0 aliphatic carbocycles. The van der Waals surface area contributed by atoms with E-state index >= 15 is 0 Å². The first-order valence-corrected chi connectivity index (χ1v) is 6.35. The van der Waals surface area contributed by atoms with Gasteiger partial charge in [-0.3, -0.25) is 9.59 Å². The van der Waals surface area contributed by atoms with Crippen LogP contribution in [0.3, 0.4) is 0 Å². The van der Waals surface area contributed by atoms with E-state index in [0.717, 1.165) is 0 Å². The molecule has 2 rings (SSSR count). The summed E-state index contributed by atoms with van der Waals surface area (Å²) in [5.74, 6) is -3.59. The molecule has 0 bridgehead atoms. The molecule has 1 amide bonds. The number of rotatable bonds is 4. The summed E-state index contributed by atoms with van der Waals surface area (Å²) in [5.41, 5.74) is 4.75. The van der Waals surface area contributed by atoms with Gasteiger partial charge in [0.25, 0.3) is 5.91 Å². The lowest BCUT2D eigenvalue weighted by atomic mass is 10.2.